The molecule has 1 saturated heterocycles. The fourth-order valence-electron chi connectivity index (χ4n) is 3.65. The summed E-state index contributed by atoms with van der Waals surface area (Å²) in [6, 6.07) is 15.1. The monoisotopic (exact) mass is 432 g/mol. The highest BCUT2D eigenvalue weighted by Crippen LogP contribution is 2.34. The molecule has 0 aromatic heterocycles. The van der Waals surface area contributed by atoms with Crippen molar-refractivity contribution in [2.75, 3.05) is 33.4 Å². The summed E-state index contributed by atoms with van der Waals surface area (Å²) in [5.74, 6) is 0.723. The number of halogens is 1. The van der Waals surface area contributed by atoms with E-state index in [1.165, 1.54) is 42.2 Å². The first-order valence-electron chi connectivity index (χ1n) is 10.6. The third-order valence-electron chi connectivity index (χ3n) is 5.20. The number of amides is 1. The van der Waals surface area contributed by atoms with Crippen molar-refractivity contribution in [1.82, 2.24) is 10.6 Å². The van der Waals surface area contributed by atoms with E-state index in [9.17, 15) is 4.79 Å². The molecule has 164 valence electrons. The number of aliphatic hydroxyl groups is 1. The number of alkyl carbamates (subject to hydrolysis) is 1. The summed E-state index contributed by atoms with van der Waals surface area (Å²) in [4.78, 5) is 10.1. The SMILES string of the molecule is CCc1cccc(-c2c(Cl)cccc2CC2CCCNC2)c1.COC(=O)NCCO. The first kappa shape index (κ1) is 24.2. The van der Waals surface area contributed by atoms with Crippen molar-refractivity contribution >= 4 is 17.7 Å². The molecule has 0 bridgehead atoms. The van der Waals surface area contributed by atoms with Gasteiger partial charge in [0.2, 0.25) is 0 Å². The number of rotatable bonds is 6. The predicted octanol–water partition coefficient (Wildman–Crippen LogP) is 4.45. The molecule has 1 unspecified atom stereocenters. The molecular formula is C24H33ClN2O3. The molecule has 1 atom stereocenters. The van der Waals surface area contributed by atoms with Crippen molar-refractivity contribution in [2.24, 2.45) is 5.92 Å². The Balaban J connectivity index is 0.000000343. The van der Waals surface area contributed by atoms with Gasteiger partial charge in [0, 0.05) is 17.1 Å². The molecule has 6 heteroatoms. The quantitative estimate of drug-likeness (QED) is 0.630. The van der Waals surface area contributed by atoms with Crippen LogP contribution in [-0.2, 0) is 17.6 Å². The third-order valence-corrected chi connectivity index (χ3v) is 5.51. The Hall–Kier alpha value is -2.08. The van der Waals surface area contributed by atoms with Gasteiger partial charge in [-0.05, 0) is 67.4 Å². The molecule has 30 heavy (non-hydrogen) atoms. The zero-order chi connectivity index (χ0) is 21.8. The van der Waals surface area contributed by atoms with Crippen LogP contribution in [0, 0.1) is 5.92 Å². The first-order valence-corrected chi connectivity index (χ1v) is 11.0. The molecule has 0 radical (unpaired) electrons. The van der Waals surface area contributed by atoms with E-state index in [4.69, 9.17) is 16.7 Å². The number of aryl methyl sites for hydroxylation is 1. The molecule has 0 spiro atoms. The highest BCUT2D eigenvalue weighted by Gasteiger charge is 2.17. The van der Waals surface area contributed by atoms with Gasteiger partial charge in [-0.15, -0.1) is 0 Å². The maximum absolute atomic E-state index is 10.1. The number of piperidine rings is 1. The average molecular weight is 433 g/mol. The second-order valence-electron chi connectivity index (χ2n) is 7.39. The molecular weight excluding hydrogens is 400 g/mol. The van der Waals surface area contributed by atoms with Crippen LogP contribution in [0.25, 0.3) is 11.1 Å². The van der Waals surface area contributed by atoms with Crippen LogP contribution in [0.15, 0.2) is 42.5 Å². The first-order chi connectivity index (χ1) is 14.6. The minimum atomic E-state index is -0.515. The summed E-state index contributed by atoms with van der Waals surface area (Å²) in [6.45, 7) is 4.67. The van der Waals surface area contributed by atoms with E-state index < -0.39 is 6.09 Å². The predicted molar refractivity (Wildman–Crippen MR) is 123 cm³/mol. The Labute approximate surface area is 184 Å². The number of aliphatic hydroxyl groups excluding tert-OH is 1. The topological polar surface area (TPSA) is 70.6 Å². The summed E-state index contributed by atoms with van der Waals surface area (Å²) in [7, 11) is 1.27. The number of methoxy groups -OCH3 is 1. The van der Waals surface area contributed by atoms with Gasteiger partial charge in [-0.3, -0.25) is 0 Å². The standard InChI is InChI=1S/C20H24ClN.C4H9NO3/c1-2-15-6-3-8-17(12-15)20-18(9-4-10-19(20)21)13-16-7-5-11-22-14-16;1-8-4(7)5-2-3-6/h3-4,6,8-10,12,16,22H,2,5,7,11,13-14H2,1H3;6H,2-3H2,1H3,(H,5,7). The van der Waals surface area contributed by atoms with Gasteiger partial charge >= 0.3 is 6.09 Å². The van der Waals surface area contributed by atoms with E-state index >= 15 is 0 Å². The van der Waals surface area contributed by atoms with Gasteiger partial charge in [-0.25, -0.2) is 4.79 Å². The molecule has 2 aromatic carbocycles. The van der Waals surface area contributed by atoms with Gasteiger partial charge < -0.3 is 20.5 Å². The van der Waals surface area contributed by atoms with Crippen molar-refractivity contribution in [1.29, 1.82) is 0 Å². The molecule has 3 rings (SSSR count). The number of hydrogen-bond donors (Lipinski definition) is 3. The van der Waals surface area contributed by atoms with E-state index in [1.807, 2.05) is 6.07 Å². The summed E-state index contributed by atoms with van der Waals surface area (Å²) in [6.07, 6.45) is 4.25. The number of ether oxygens (including phenoxy) is 1. The van der Waals surface area contributed by atoms with Crippen LogP contribution >= 0.6 is 11.6 Å². The molecule has 1 amide bonds. The van der Waals surface area contributed by atoms with E-state index in [0.717, 1.165) is 36.9 Å². The number of benzene rings is 2. The number of carbonyl (C=O) groups is 1. The Bertz CT molecular complexity index is 792. The van der Waals surface area contributed by atoms with Crippen LogP contribution in [-0.4, -0.2) is 44.6 Å². The lowest BCUT2D eigenvalue weighted by molar-refractivity contribution is 0.167. The minimum absolute atomic E-state index is 0.0604. The van der Waals surface area contributed by atoms with Crippen molar-refractivity contribution in [3.8, 4) is 11.1 Å². The number of hydrogen-bond acceptors (Lipinski definition) is 4. The van der Waals surface area contributed by atoms with Crippen LogP contribution in [0.3, 0.4) is 0 Å². The van der Waals surface area contributed by atoms with E-state index in [0.29, 0.717) is 0 Å². The van der Waals surface area contributed by atoms with E-state index in [-0.39, 0.29) is 13.2 Å². The molecule has 0 aliphatic carbocycles. The third kappa shape index (κ3) is 7.63. The van der Waals surface area contributed by atoms with Gasteiger partial charge in [-0.1, -0.05) is 54.9 Å². The fraction of sp³-hybridized carbons (Fsp3) is 0.458. The number of carbonyl (C=O) groups excluding carboxylic acids is 1. The van der Waals surface area contributed by atoms with Crippen molar-refractivity contribution in [3.05, 3.63) is 58.6 Å². The fourth-order valence-corrected chi connectivity index (χ4v) is 3.95. The Morgan fingerprint density at radius 3 is 2.77 bits per heavy atom. The molecule has 1 fully saturated rings. The van der Waals surface area contributed by atoms with Crippen LogP contribution in [0.1, 0.15) is 30.9 Å². The van der Waals surface area contributed by atoms with Crippen LogP contribution < -0.4 is 10.6 Å². The second kappa shape index (κ2) is 13.3. The van der Waals surface area contributed by atoms with E-state index in [2.05, 4.69) is 58.7 Å². The molecule has 2 aromatic rings. The van der Waals surface area contributed by atoms with Crippen molar-refractivity contribution in [2.45, 2.75) is 32.6 Å². The van der Waals surface area contributed by atoms with Crippen molar-refractivity contribution in [3.63, 3.8) is 0 Å². The maximum atomic E-state index is 10.1. The second-order valence-corrected chi connectivity index (χ2v) is 7.79. The van der Waals surface area contributed by atoms with Crippen molar-refractivity contribution < 1.29 is 14.6 Å². The van der Waals surface area contributed by atoms with Crippen LogP contribution in [0.2, 0.25) is 5.02 Å². The molecule has 5 nitrogen and oxygen atoms in total. The number of nitrogens with one attached hydrogen (secondary N) is 2. The summed E-state index contributed by atoms with van der Waals surface area (Å²) in [5.41, 5.74) is 5.23. The van der Waals surface area contributed by atoms with E-state index in [1.54, 1.807) is 0 Å². The lowest BCUT2D eigenvalue weighted by Crippen LogP contribution is -2.30. The summed E-state index contributed by atoms with van der Waals surface area (Å²) in [5, 5.41) is 14.8. The van der Waals surface area contributed by atoms with Crippen LogP contribution in [0.4, 0.5) is 4.79 Å². The van der Waals surface area contributed by atoms with Gasteiger partial charge in [-0.2, -0.15) is 0 Å². The zero-order valence-electron chi connectivity index (χ0n) is 17.9. The molecule has 1 aliphatic rings. The Morgan fingerprint density at radius 2 is 2.10 bits per heavy atom. The normalized spacial score (nSPS) is 15.7. The maximum Gasteiger partial charge on any atom is 0.406 e. The summed E-state index contributed by atoms with van der Waals surface area (Å²) < 4.78 is 4.19. The average Bonchev–Trinajstić information content (AvgIpc) is 2.78. The highest BCUT2D eigenvalue weighted by atomic mass is 35.5. The highest BCUT2D eigenvalue weighted by molar-refractivity contribution is 6.33. The lowest BCUT2D eigenvalue weighted by atomic mass is 9.88. The molecule has 3 N–H and O–H groups in total. The molecule has 1 heterocycles. The minimum Gasteiger partial charge on any atom is -0.453 e. The van der Waals surface area contributed by atoms with Gasteiger partial charge in [0.1, 0.15) is 0 Å². The zero-order valence-corrected chi connectivity index (χ0v) is 18.7. The largest absolute Gasteiger partial charge is 0.453 e. The van der Waals surface area contributed by atoms with Gasteiger partial charge in [0.25, 0.3) is 0 Å². The Morgan fingerprint density at radius 1 is 1.30 bits per heavy atom. The Kier molecular flexibility index (Phi) is 10.7. The van der Waals surface area contributed by atoms with Gasteiger partial charge in [0.15, 0.2) is 0 Å². The summed E-state index contributed by atoms with van der Waals surface area (Å²) >= 11 is 6.56. The smallest absolute Gasteiger partial charge is 0.406 e. The molecule has 0 saturated carbocycles. The van der Waals surface area contributed by atoms with Gasteiger partial charge in [0.05, 0.1) is 13.7 Å². The lowest BCUT2D eigenvalue weighted by Gasteiger charge is -2.24. The molecule has 1 aliphatic heterocycles. The van der Waals surface area contributed by atoms with Crippen LogP contribution in [0.5, 0.6) is 0 Å².